The number of unbranched alkanes of at least 4 members (excludes halogenated alkanes) is 1. The second-order valence-corrected chi connectivity index (χ2v) is 6.83. The van der Waals surface area contributed by atoms with Crippen molar-refractivity contribution in [2.45, 2.75) is 51.7 Å². The Morgan fingerprint density at radius 2 is 1.76 bits per heavy atom. The minimum absolute atomic E-state index is 0.0298. The lowest BCUT2D eigenvalue weighted by molar-refractivity contribution is -0.889. The van der Waals surface area contributed by atoms with Crippen molar-refractivity contribution in [1.82, 2.24) is 0 Å². The molecule has 0 fully saturated rings. The number of carboxylic acids is 1. The van der Waals surface area contributed by atoms with Crippen LogP contribution in [0.4, 0.5) is 0 Å². The highest BCUT2D eigenvalue weighted by Crippen LogP contribution is 2.08. The number of rotatable bonds is 13. The summed E-state index contributed by atoms with van der Waals surface area (Å²) < 4.78 is 15.8. The zero-order valence-electron chi connectivity index (χ0n) is 15.9. The van der Waals surface area contributed by atoms with Gasteiger partial charge in [0.25, 0.3) is 0 Å². The molecule has 0 aliphatic rings. The number of nitrogens with zero attached hydrogens (tertiary/aromatic N) is 1. The fourth-order valence-electron chi connectivity index (χ4n) is 2.12. The SMILES string of the molecule is CCCCC(=O)OC(COCCC(C(=O)[O-])[N+](C)(C)C)COC(C)=O. The Hall–Kier alpha value is -1.67. The number of likely N-dealkylation sites (N-methyl/N-ethyl adjacent to an activating group) is 1. The summed E-state index contributed by atoms with van der Waals surface area (Å²) in [6.45, 7) is 3.34. The van der Waals surface area contributed by atoms with Gasteiger partial charge in [0.1, 0.15) is 12.6 Å². The van der Waals surface area contributed by atoms with E-state index in [1.165, 1.54) is 6.92 Å². The molecular weight excluding hydrogens is 330 g/mol. The topological polar surface area (TPSA) is 102 Å². The molecule has 0 radical (unpaired) electrons. The molecule has 0 bridgehead atoms. The van der Waals surface area contributed by atoms with Crippen LogP contribution in [0.3, 0.4) is 0 Å². The molecule has 0 N–H and O–H groups in total. The van der Waals surface area contributed by atoms with E-state index in [1.807, 2.05) is 6.92 Å². The van der Waals surface area contributed by atoms with Gasteiger partial charge < -0.3 is 28.6 Å². The van der Waals surface area contributed by atoms with Gasteiger partial charge in [-0.25, -0.2) is 0 Å². The number of carbonyl (C=O) groups is 3. The first-order valence-electron chi connectivity index (χ1n) is 8.50. The van der Waals surface area contributed by atoms with Gasteiger partial charge in [-0.3, -0.25) is 9.59 Å². The Morgan fingerprint density at radius 1 is 1.12 bits per heavy atom. The van der Waals surface area contributed by atoms with Gasteiger partial charge in [0.05, 0.1) is 40.3 Å². The second kappa shape index (κ2) is 11.8. The normalized spacial score (nSPS) is 13.8. The molecular formula is C17H31NO7. The first-order valence-corrected chi connectivity index (χ1v) is 8.50. The van der Waals surface area contributed by atoms with E-state index in [4.69, 9.17) is 14.2 Å². The monoisotopic (exact) mass is 361 g/mol. The molecule has 0 aromatic heterocycles. The third-order valence-electron chi connectivity index (χ3n) is 3.55. The van der Waals surface area contributed by atoms with Crippen molar-refractivity contribution < 1.29 is 38.2 Å². The van der Waals surface area contributed by atoms with E-state index < -0.39 is 24.1 Å². The summed E-state index contributed by atoms with van der Waals surface area (Å²) in [6.07, 6.45) is 1.43. The molecule has 0 aliphatic heterocycles. The maximum Gasteiger partial charge on any atom is 0.306 e. The van der Waals surface area contributed by atoms with E-state index >= 15 is 0 Å². The standard InChI is InChI=1S/C17H31NO7/c1-6-7-8-16(20)25-14(12-24-13(2)19)11-23-10-9-15(17(21)22)18(3,4)5/h14-15H,6-12H2,1-5H3. The van der Waals surface area contributed by atoms with E-state index in [0.29, 0.717) is 6.42 Å². The third kappa shape index (κ3) is 11.5. The van der Waals surface area contributed by atoms with E-state index in [1.54, 1.807) is 21.1 Å². The number of quaternary nitrogens is 1. The molecule has 2 unspecified atom stereocenters. The molecule has 8 nitrogen and oxygen atoms in total. The van der Waals surface area contributed by atoms with Crippen LogP contribution in [-0.4, -0.2) is 75.5 Å². The maximum atomic E-state index is 11.7. The summed E-state index contributed by atoms with van der Waals surface area (Å²) in [5.41, 5.74) is 0. The van der Waals surface area contributed by atoms with E-state index in [9.17, 15) is 19.5 Å². The van der Waals surface area contributed by atoms with Crippen LogP contribution in [-0.2, 0) is 28.6 Å². The largest absolute Gasteiger partial charge is 0.544 e. The van der Waals surface area contributed by atoms with Gasteiger partial charge in [-0.05, 0) is 6.42 Å². The second-order valence-electron chi connectivity index (χ2n) is 6.83. The molecule has 0 heterocycles. The number of carboxylic acid groups (broad SMARTS) is 1. The summed E-state index contributed by atoms with van der Waals surface area (Å²) >= 11 is 0. The van der Waals surface area contributed by atoms with Crippen LogP contribution < -0.4 is 5.11 Å². The van der Waals surface area contributed by atoms with Crippen molar-refractivity contribution in [3.63, 3.8) is 0 Å². The van der Waals surface area contributed by atoms with Gasteiger partial charge >= 0.3 is 11.9 Å². The highest BCUT2D eigenvalue weighted by atomic mass is 16.6. The van der Waals surface area contributed by atoms with Crippen LogP contribution >= 0.6 is 0 Å². The van der Waals surface area contributed by atoms with Crippen molar-refractivity contribution in [2.24, 2.45) is 0 Å². The quantitative estimate of drug-likeness (QED) is 0.256. The summed E-state index contributed by atoms with van der Waals surface area (Å²) in [6, 6.07) is -0.709. The Labute approximate surface area is 149 Å². The summed E-state index contributed by atoms with van der Waals surface area (Å²) in [5.74, 6) is -1.99. The smallest absolute Gasteiger partial charge is 0.306 e. The van der Waals surface area contributed by atoms with Gasteiger partial charge in [0.2, 0.25) is 0 Å². The molecule has 0 aromatic carbocycles. The molecule has 0 aromatic rings. The van der Waals surface area contributed by atoms with Gasteiger partial charge in [0.15, 0.2) is 6.10 Å². The van der Waals surface area contributed by atoms with Crippen molar-refractivity contribution >= 4 is 17.9 Å². The van der Waals surface area contributed by atoms with Gasteiger partial charge in [-0.15, -0.1) is 0 Å². The average molecular weight is 361 g/mol. The third-order valence-corrected chi connectivity index (χ3v) is 3.55. The lowest BCUT2D eigenvalue weighted by Gasteiger charge is -2.34. The number of esters is 2. The summed E-state index contributed by atoms with van der Waals surface area (Å²) in [7, 11) is 5.29. The predicted molar refractivity (Wildman–Crippen MR) is 88.3 cm³/mol. The molecule has 2 atom stereocenters. The van der Waals surface area contributed by atoms with Crippen molar-refractivity contribution in [3.8, 4) is 0 Å². The van der Waals surface area contributed by atoms with Gasteiger partial charge in [-0.2, -0.15) is 0 Å². The molecule has 25 heavy (non-hydrogen) atoms. The van der Waals surface area contributed by atoms with Gasteiger partial charge in [0, 0.05) is 19.8 Å². The number of ether oxygens (including phenoxy) is 3. The summed E-state index contributed by atoms with van der Waals surface area (Å²) in [5, 5.41) is 11.2. The molecule has 0 saturated carbocycles. The van der Waals surface area contributed by atoms with Crippen molar-refractivity contribution in [3.05, 3.63) is 0 Å². The molecule has 0 spiro atoms. The first-order chi connectivity index (χ1) is 11.6. The van der Waals surface area contributed by atoms with E-state index in [2.05, 4.69) is 0 Å². The zero-order valence-corrected chi connectivity index (χ0v) is 15.9. The first kappa shape index (κ1) is 23.3. The molecule has 0 amide bonds. The van der Waals surface area contributed by atoms with Gasteiger partial charge in [-0.1, -0.05) is 13.3 Å². The fourth-order valence-corrected chi connectivity index (χ4v) is 2.12. The van der Waals surface area contributed by atoms with E-state index in [0.717, 1.165) is 12.8 Å². The lowest BCUT2D eigenvalue weighted by Crippen LogP contribution is -2.55. The molecule has 0 rings (SSSR count). The number of carbonyl (C=O) groups excluding carboxylic acids is 3. The summed E-state index contributed by atoms with van der Waals surface area (Å²) in [4.78, 5) is 33.8. The Balaban J connectivity index is 4.42. The molecule has 0 saturated heterocycles. The minimum atomic E-state index is -1.14. The van der Waals surface area contributed by atoms with Crippen LogP contribution in [0.1, 0.15) is 39.5 Å². The van der Waals surface area contributed by atoms with E-state index in [-0.39, 0.29) is 36.7 Å². The highest BCUT2D eigenvalue weighted by molar-refractivity contribution is 5.70. The molecule has 0 aliphatic carbocycles. The lowest BCUT2D eigenvalue weighted by atomic mass is 10.1. The van der Waals surface area contributed by atoms with Crippen molar-refractivity contribution in [2.75, 3.05) is 41.0 Å². The van der Waals surface area contributed by atoms with Crippen LogP contribution in [0.25, 0.3) is 0 Å². The number of hydrogen-bond donors (Lipinski definition) is 0. The van der Waals surface area contributed by atoms with Crippen molar-refractivity contribution in [1.29, 1.82) is 0 Å². The van der Waals surface area contributed by atoms with Crippen LogP contribution in [0.5, 0.6) is 0 Å². The molecule has 146 valence electrons. The fraction of sp³-hybridized carbons (Fsp3) is 0.824. The number of aliphatic carboxylic acids is 1. The Morgan fingerprint density at radius 3 is 2.24 bits per heavy atom. The van der Waals surface area contributed by atoms with Crippen LogP contribution in [0.2, 0.25) is 0 Å². The predicted octanol–water partition coefficient (Wildman–Crippen LogP) is -0.117. The van der Waals surface area contributed by atoms with Crippen LogP contribution in [0, 0.1) is 0 Å². The highest BCUT2D eigenvalue weighted by Gasteiger charge is 2.25. The maximum absolute atomic E-state index is 11.7. The zero-order chi connectivity index (χ0) is 19.5. The number of hydrogen-bond acceptors (Lipinski definition) is 7. The van der Waals surface area contributed by atoms with Crippen LogP contribution in [0.15, 0.2) is 0 Å². The minimum Gasteiger partial charge on any atom is -0.544 e. The average Bonchev–Trinajstić information content (AvgIpc) is 2.48. The Bertz CT molecular complexity index is 431. The Kier molecular flexibility index (Phi) is 11.0. The molecule has 8 heteroatoms.